The number of rotatable bonds is 6. The van der Waals surface area contributed by atoms with Crippen molar-refractivity contribution in [3.8, 4) is 0 Å². The fraction of sp³-hybridized carbons (Fsp3) is 0.158. The fourth-order valence-corrected chi connectivity index (χ4v) is 2.24. The molecule has 0 bridgehead atoms. The van der Waals surface area contributed by atoms with Gasteiger partial charge >= 0.3 is 0 Å². The summed E-state index contributed by atoms with van der Waals surface area (Å²) in [5.41, 5.74) is 2.69. The smallest absolute Gasteiger partial charge is 0.244 e. The van der Waals surface area contributed by atoms with Gasteiger partial charge in [-0.2, -0.15) is 0 Å². The summed E-state index contributed by atoms with van der Waals surface area (Å²) in [6.45, 7) is 1.94. The van der Waals surface area contributed by atoms with Gasteiger partial charge in [-0.15, -0.1) is 0 Å². The van der Waals surface area contributed by atoms with Crippen LogP contribution in [0.25, 0.3) is 6.08 Å². The normalized spacial score (nSPS) is 10.6. The zero-order chi connectivity index (χ0) is 17.4. The summed E-state index contributed by atoms with van der Waals surface area (Å²) < 4.78 is 0. The van der Waals surface area contributed by atoms with Crippen LogP contribution in [0.4, 0.5) is 5.69 Å². The predicted molar refractivity (Wildman–Crippen MR) is 97.9 cm³/mol. The lowest BCUT2D eigenvalue weighted by molar-refractivity contribution is -0.121. The van der Waals surface area contributed by atoms with E-state index in [1.807, 2.05) is 31.2 Å². The minimum atomic E-state index is -0.330. The van der Waals surface area contributed by atoms with Crippen LogP contribution in [0.15, 0.2) is 54.6 Å². The molecule has 2 amide bonds. The molecule has 5 heteroatoms. The number of hydrogen-bond acceptors (Lipinski definition) is 2. The maximum Gasteiger partial charge on any atom is 0.244 e. The molecule has 0 saturated heterocycles. The number of benzene rings is 2. The van der Waals surface area contributed by atoms with Crippen molar-refractivity contribution in [1.82, 2.24) is 5.32 Å². The molecule has 0 radical (unpaired) electrons. The zero-order valence-electron chi connectivity index (χ0n) is 13.4. The van der Waals surface area contributed by atoms with E-state index in [9.17, 15) is 9.59 Å². The number of carbonyl (C=O) groups is 2. The van der Waals surface area contributed by atoms with Gasteiger partial charge in [0.2, 0.25) is 11.8 Å². The molecule has 0 unspecified atom stereocenters. The molecule has 24 heavy (non-hydrogen) atoms. The van der Waals surface area contributed by atoms with Crippen molar-refractivity contribution in [2.45, 2.75) is 13.3 Å². The van der Waals surface area contributed by atoms with Crippen molar-refractivity contribution in [2.24, 2.45) is 0 Å². The molecule has 0 aromatic heterocycles. The Hall–Kier alpha value is -2.59. The lowest BCUT2D eigenvalue weighted by atomic mass is 10.1. The SMILES string of the molecule is CCc1ccccc1NC(=O)CNC(=O)/C=C/c1ccc(Cl)cc1. The van der Waals surface area contributed by atoms with Crippen LogP contribution in [0.3, 0.4) is 0 Å². The van der Waals surface area contributed by atoms with Crippen LogP contribution in [0.5, 0.6) is 0 Å². The molecule has 0 aliphatic heterocycles. The summed E-state index contributed by atoms with van der Waals surface area (Å²) >= 11 is 5.80. The molecule has 2 N–H and O–H groups in total. The number of nitrogens with one attached hydrogen (secondary N) is 2. The average Bonchev–Trinajstić information content (AvgIpc) is 2.60. The van der Waals surface area contributed by atoms with Crippen LogP contribution in [0.2, 0.25) is 5.02 Å². The molecule has 124 valence electrons. The van der Waals surface area contributed by atoms with E-state index in [1.54, 1.807) is 30.3 Å². The van der Waals surface area contributed by atoms with Crippen molar-refractivity contribution in [3.05, 3.63) is 70.8 Å². The number of carbonyl (C=O) groups excluding carboxylic acids is 2. The van der Waals surface area contributed by atoms with E-state index in [4.69, 9.17) is 11.6 Å². The molecule has 2 aromatic carbocycles. The molecule has 2 rings (SSSR count). The van der Waals surface area contributed by atoms with Crippen molar-refractivity contribution < 1.29 is 9.59 Å². The Morgan fingerprint density at radius 3 is 2.50 bits per heavy atom. The quantitative estimate of drug-likeness (QED) is 0.787. The number of aryl methyl sites for hydroxylation is 1. The number of anilines is 1. The van der Waals surface area contributed by atoms with Gasteiger partial charge in [-0.3, -0.25) is 9.59 Å². The molecule has 0 saturated carbocycles. The van der Waals surface area contributed by atoms with E-state index in [0.717, 1.165) is 23.2 Å². The Labute approximate surface area is 146 Å². The Morgan fingerprint density at radius 2 is 1.79 bits per heavy atom. The second-order valence-corrected chi connectivity index (χ2v) is 5.60. The summed E-state index contributed by atoms with van der Waals surface area (Å²) in [7, 11) is 0. The van der Waals surface area contributed by atoms with E-state index >= 15 is 0 Å². The first kappa shape index (κ1) is 17.8. The predicted octanol–water partition coefficient (Wildman–Crippen LogP) is 3.67. The molecular weight excluding hydrogens is 324 g/mol. The van der Waals surface area contributed by atoms with Gasteiger partial charge in [0, 0.05) is 16.8 Å². The van der Waals surface area contributed by atoms with Crippen LogP contribution in [-0.4, -0.2) is 18.4 Å². The third-order valence-corrected chi connectivity index (χ3v) is 3.64. The molecule has 0 aliphatic carbocycles. The highest BCUT2D eigenvalue weighted by atomic mass is 35.5. The van der Waals surface area contributed by atoms with E-state index in [2.05, 4.69) is 10.6 Å². The van der Waals surface area contributed by atoms with Gasteiger partial charge in [0.15, 0.2) is 0 Å². The van der Waals surface area contributed by atoms with E-state index < -0.39 is 0 Å². The number of amides is 2. The van der Waals surface area contributed by atoms with Gasteiger partial charge in [-0.25, -0.2) is 0 Å². The summed E-state index contributed by atoms with van der Waals surface area (Å²) in [5.74, 6) is -0.590. The van der Waals surface area contributed by atoms with Gasteiger partial charge < -0.3 is 10.6 Å². The Kier molecular flexibility index (Phi) is 6.58. The van der Waals surface area contributed by atoms with Crippen molar-refractivity contribution in [3.63, 3.8) is 0 Å². The Balaban J connectivity index is 1.82. The summed E-state index contributed by atoms with van der Waals surface area (Å²) in [5, 5.41) is 6.00. The molecule has 0 aliphatic rings. The minimum absolute atomic E-state index is 0.0815. The minimum Gasteiger partial charge on any atom is -0.343 e. The van der Waals surface area contributed by atoms with Crippen molar-refractivity contribution >= 4 is 35.2 Å². The highest BCUT2D eigenvalue weighted by molar-refractivity contribution is 6.30. The molecule has 0 heterocycles. The van der Waals surface area contributed by atoms with Gasteiger partial charge in [-0.1, -0.05) is 48.9 Å². The van der Waals surface area contributed by atoms with E-state index in [-0.39, 0.29) is 18.4 Å². The third kappa shape index (κ3) is 5.56. The van der Waals surface area contributed by atoms with Crippen LogP contribution in [-0.2, 0) is 16.0 Å². The molecule has 2 aromatic rings. The summed E-state index contributed by atoms with van der Waals surface area (Å²) in [4.78, 5) is 23.7. The second kappa shape index (κ2) is 8.89. The maximum absolute atomic E-state index is 11.9. The first-order chi connectivity index (χ1) is 11.6. The molecule has 0 fully saturated rings. The van der Waals surface area contributed by atoms with Gasteiger partial charge in [0.25, 0.3) is 0 Å². The Morgan fingerprint density at radius 1 is 1.08 bits per heavy atom. The fourth-order valence-electron chi connectivity index (χ4n) is 2.12. The average molecular weight is 343 g/mol. The highest BCUT2D eigenvalue weighted by Gasteiger charge is 2.06. The number of para-hydroxylation sites is 1. The van der Waals surface area contributed by atoms with Crippen LogP contribution in [0, 0.1) is 0 Å². The highest BCUT2D eigenvalue weighted by Crippen LogP contribution is 2.15. The van der Waals surface area contributed by atoms with Crippen LogP contribution < -0.4 is 10.6 Å². The van der Waals surface area contributed by atoms with Crippen LogP contribution in [0.1, 0.15) is 18.1 Å². The van der Waals surface area contributed by atoms with Gasteiger partial charge in [0.1, 0.15) is 0 Å². The maximum atomic E-state index is 11.9. The molecular formula is C19H19ClN2O2. The van der Waals surface area contributed by atoms with E-state index in [0.29, 0.717) is 5.02 Å². The zero-order valence-corrected chi connectivity index (χ0v) is 14.1. The molecule has 0 atom stereocenters. The largest absolute Gasteiger partial charge is 0.343 e. The first-order valence-electron chi connectivity index (χ1n) is 7.67. The van der Waals surface area contributed by atoms with Crippen molar-refractivity contribution in [2.75, 3.05) is 11.9 Å². The number of halogens is 1. The summed E-state index contributed by atoms with van der Waals surface area (Å²) in [6.07, 6.45) is 3.87. The summed E-state index contributed by atoms with van der Waals surface area (Å²) in [6, 6.07) is 14.7. The van der Waals surface area contributed by atoms with Gasteiger partial charge in [-0.05, 0) is 41.8 Å². The third-order valence-electron chi connectivity index (χ3n) is 3.39. The molecule has 0 spiro atoms. The standard InChI is InChI=1S/C19H19ClN2O2/c1-2-15-5-3-4-6-17(15)22-19(24)13-21-18(23)12-9-14-7-10-16(20)11-8-14/h3-12H,2,13H2,1H3,(H,21,23)(H,22,24)/b12-9+. The second-order valence-electron chi connectivity index (χ2n) is 5.16. The first-order valence-corrected chi connectivity index (χ1v) is 8.05. The van der Waals surface area contributed by atoms with Crippen LogP contribution >= 0.6 is 11.6 Å². The monoisotopic (exact) mass is 342 g/mol. The topological polar surface area (TPSA) is 58.2 Å². The lowest BCUT2D eigenvalue weighted by Crippen LogP contribution is -2.31. The number of hydrogen-bond donors (Lipinski definition) is 2. The van der Waals surface area contributed by atoms with E-state index in [1.165, 1.54) is 6.08 Å². The van der Waals surface area contributed by atoms with Gasteiger partial charge in [0.05, 0.1) is 6.54 Å². The molecule has 4 nitrogen and oxygen atoms in total. The lowest BCUT2D eigenvalue weighted by Gasteiger charge is -2.09. The Bertz CT molecular complexity index is 739. The van der Waals surface area contributed by atoms with Crippen molar-refractivity contribution in [1.29, 1.82) is 0 Å².